The summed E-state index contributed by atoms with van der Waals surface area (Å²) in [6.45, 7) is 1.03. The van der Waals surface area contributed by atoms with Gasteiger partial charge in [-0.25, -0.2) is 0 Å². The molecule has 0 aromatic heterocycles. The molecule has 0 heterocycles. The normalized spacial score (nSPS) is 9.40. The van der Waals surface area contributed by atoms with E-state index in [9.17, 15) is 4.79 Å². The third kappa shape index (κ3) is 5.85. The first-order chi connectivity index (χ1) is 4.81. The summed E-state index contributed by atoms with van der Waals surface area (Å²) in [4.78, 5) is 10.5. The molecule has 10 heavy (non-hydrogen) atoms. The van der Waals surface area contributed by atoms with Crippen molar-refractivity contribution < 1.29 is 9.53 Å². The summed E-state index contributed by atoms with van der Waals surface area (Å²) in [5, 5.41) is 2.88. The minimum Gasteiger partial charge on any atom is -0.468 e. The molecule has 60 valence electrons. The van der Waals surface area contributed by atoms with Gasteiger partial charge in [0.15, 0.2) is 0 Å². The SMILES string of the molecule is COC(=O)CNCCCCl. The van der Waals surface area contributed by atoms with Crippen molar-refractivity contribution in [3.8, 4) is 0 Å². The number of esters is 1. The van der Waals surface area contributed by atoms with Crippen LogP contribution in [0, 0.1) is 0 Å². The van der Waals surface area contributed by atoms with Crippen LogP contribution in [0.2, 0.25) is 0 Å². The first kappa shape index (κ1) is 9.72. The second kappa shape index (κ2) is 6.83. The van der Waals surface area contributed by atoms with Crippen LogP contribution >= 0.6 is 11.6 Å². The maximum Gasteiger partial charge on any atom is 0.319 e. The summed E-state index contributed by atoms with van der Waals surface area (Å²) in [5.41, 5.74) is 0. The van der Waals surface area contributed by atoms with E-state index >= 15 is 0 Å². The Labute approximate surface area is 65.7 Å². The summed E-state index contributed by atoms with van der Waals surface area (Å²) in [7, 11) is 1.37. The number of ether oxygens (including phenoxy) is 1. The first-order valence-corrected chi connectivity index (χ1v) is 3.68. The van der Waals surface area contributed by atoms with Crippen molar-refractivity contribution in [1.82, 2.24) is 5.32 Å². The molecule has 0 aromatic rings. The fraction of sp³-hybridized carbons (Fsp3) is 0.833. The van der Waals surface area contributed by atoms with Crippen LogP contribution < -0.4 is 5.32 Å². The molecule has 0 aliphatic rings. The highest BCUT2D eigenvalue weighted by atomic mass is 35.5. The third-order valence-electron chi connectivity index (χ3n) is 0.984. The zero-order chi connectivity index (χ0) is 7.82. The van der Waals surface area contributed by atoms with Crippen molar-refractivity contribution >= 4 is 17.6 Å². The van der Waals surface area contributed by atoms with Gasteiger partial charge in [-0.3, -0.25) is 4.79 Å². The molecule has 0 saturated heterocycles. The van der Waals surface area contributed by atoms with Crippen molar-refractivity contribution in [3.63, 3.8) is 0 Å². The highest BCUT2D eigenvalue weighted by molar-refractivity contribution is 6.17. The van der Waals surface area contributed by atoms with Crippen molar-refractivity contribution in [2.45, 2.75) is 6.42 Å². The lowest BCUT2D eigenvalue weighted by molar-refractivity contribution is -0.139. The summed E-state index contributed by atoms with van der Waals surface area (Å²) in [5.74, 6) is 0.378. The maximum atomic E-state index is 10.5. The van der Waals surface area contributed by atoms with Crippen molar-refractivity contribution in [1.29, 1.82) is 0 Å². The zero-order valence-electron chi connectivity index (χ0n) is 6.02. The van der Waals surface area contributed by atoms with Crippen LogP contribution in [-0.2, 0) is 9.53 Å². The summed E-state index contributed by atoms with van der Waals surface area (Å²) in [6, 6.07) is 0. The second-order valence-electron chi connectivity index (χ2n) is 1.80. The number of hydrogen-bond donors (Lipinski definition) is 1. The van der Waals surface area contributed by atoms with E-state index in [4.69, 9.17) is 11.6 Å². The molecule has 0 aliphatic carbocycles. The van der Waals surface area contributed by atoms with E-state index in [1.54, 1.807) is 0 Å². The van der Waals surface area contributed by atoms with E-state index in [2.05, 4.69) is 10.1 Å². The fourth-order valence-electron chi connectivity index (χ4n) is 0.454. The number of carbonyl (C=O) groups excluding carboxylic acids is 1. The van der Waals surface area contributed by atoms with Gasteiger partial charge in [0, 0.05) is 5.88 Å². The fourth-order valence-corrected chi connectivity index (χ4v) is 0.588. The molecule has 4 heteroatoms. The van der Waals surface area contributed by atoms with Gasteiger partial charge >= 0.3 is 5.97 Å². The summed E-state index contributed by atoms with van der Waals surface area (Å²) in [6.07, 6.45) is 0.874. The average Bonchev–Trinajstić information content (AvgIpc) is 1.98. The number of methoxy groups -OCH3 is 1. The summed E-state index contributed by atoms with van der Waals surface area (Å²) >= 11 is 5.39. The Balaban J connectivity index is 2.96. The molecule has 0 radical (unpaired) electrons. The van der Waals surface area contributed by atoms with Gasteiger partial charge in [-0.05, 0) is 13.0 Å². The monoisotopic (exact) mass is 165 g/mol. The largest absolute Gasteiger partial charge is 0.468 e. The van der Waals surface area contributed by atoms with Gasteiger partial charge < -0.3 is 10.1 Å². The lowest BCUT2D eigenvalue weighted by atomic mass is 10.5. The van der Waals surface area contributed by atoms with Crippen molar-refractivity contribution in [3.05, 3.63) is 0 Å². The van der Waals surface area contributed by atoms with Gasteiger partial charge in [-0.2, -0.15) is 0 Å². The molecule has 0 aliphatic heterocycles. The predicted octanol–water partition coefficient (Wildman–Crippen LogP) is 0.378. The molecule has 0 aromatic carbocycles. The Kier molecular flexibility index (Phi) is 6.64. The average molecular weight is 166 g/mol. The number of hydrogen-bond acceptors (Lipinski definition) is 3. The number of rotatable bonds is 5. The molecular weight excluding hydrogens is 154 g/mol. The Morgan fingerprint density at radius 2 is 2.40 bits per heavy atom. The molecule has 0 unspecified atom stereocenters. The van der Waals surface area contributed by atoms with Crippen LogP contribution in [0.25, 0.3) is 0 Å². The van der Waals surface area contributed by atoms with Crippen LogP contribution in [0.1, 0.15) is 6.42 Å². The topological polar surface area (TPSA) is 38.3 Å². The minimum atomic E-state index is -0.241. The van der Waals surface area contributed by atoms with Gasteiger partial charge in [0.1, 0.15) is 0 Å². The Morgan fingerprint density at radius 1 is 1.70 bits per heavy atom. The molecule has 0 atom stereocenters. The molecule has 0 fully saturated rings. The van der Waals surface area contributed by atoms with Gasteiger partial charge in [0.2, 0.25) is 0 Å². The number of nitrogens with one attached hydrogen (secondary N) is 1. The van der Waals surface area contributed by atoms with Crippen molar-refractivity contribution in [2.24, 2.45) is 0 Å². The van der Waals surface area contributed by atoms with Crippen LogP contribution in [0.15, 0.2) is 0 Å². The number of halogens is 1. The quantitative estimate of drug-likeness (QED) is 0.364. The summed E-state index contributed by atoms with van der Waals surface area (Å²) < 4.78 is 4.40. The molecular formula is C6H12ClNO2. The Bertz CT molecular complexity index is 97.7. The number of carbonyl (C=O) groups is 1. The van der Waals surface area contributed by atoms with Crippen LogP contribution in [-0.4, -0.2) is 32.0 Å². The molecule has 3 nitrogen and oxygen atoms in total. The third-order valence-corrected chi connectivity index (χ3v) is 1.25. The van der Waals surface area contributed by atoms with Gasteiger partial charge in [0.25, 0.3) is 0 Å². The number of alkyl halides is 1. The zero-order valence-corrected chi connectivity index (χ0v) is 6.78. The Morgan fingerprint density at radius 3 is 2.90 bits per heavy atom. The van der Waals surface area contributed by atoms with E-state index in [1.165, 1.54) is 7.11 Å². The first-order valence-electron chi connectivity index (χ1n) is 3.14. The Hall–Kier alpha value is -0.280. The van der Waals surface area contributed by atoms with E-state index in [-0.39, 0.29) is 12.5 Å². The van der Waals surface area contributed by atoms with Crippen LogP contribution in [0.3, 0.4) is 0 Å². The van der Waals surface area contributed by atoms with Gasteiger partial charge in [-0.15, -0.1) is 11.6 Å². The van der Waals surface area contributed by atoms with Gasteiger partial charge in [0.05, 0.1) is 13.7 Å². The minimum absolute atomic E-state index is 0.241. The molecule has 0 rings (SSSR count). The van der Waals surface area contributed by atoms with Crippen LogP contribution in [0.4, 0.5) is 0 Å². The van der Waals surface area contributed by atoms with Gasteiger partial charge in [-0.1, -0.05) is 0 Å². The molecule has 1 N–H and O–H groups in total. The highest BCUT2D eigenvalue weighted by Crippen LogP contribution is 1.80. The van der Waals surface area contributed by atoms with E-state index in [1.807, 2.05) is 0 Å². The second-order valence-corrected chi connectivity index (χ2v) is 2.17. The standard InChI is InChI=1S/C6H12ClNO2/c1-10-6(9)5-8-4-2-3-7/h8H,2-5H2,1H3. The smallest absolute Gasteiger partial charge is 0.319 e. The van der Waals surface area contributed by atoms with E-state index in [0.29, 0.717) is 5.88 Å². The highest BCUT2D eigenvalue weighted by Gasteiger charge is 1.96. The molecule has 0 spiro atoms. The molecule has 0 amide bonds. The van der Waals surface area contributed by atoms with E-state index in [0.717, 1.165) is 13.0 Å². The van der Waals surface area contributed by atoms with Crippen LogP contribution in [0.5, 0.6) is 0 Å². The van der Waals surface area contributed by atoms with Crippen molar-refractivity contribution in [2.75, 3.05) is 26.1 Å². The maximum absolute atomic E-state index is 10.5. The molecule has 0 bridgehead atoms. The molecule has 0 saturated carbocycles. The lowest BCUT2D eigenvalue weighted by Crippen LogP contribution is -2.24. The van der Waals surface area contributed by atoms with E-state index < -0.39 is 0 Å². The predicted molar refractivity (Wildman–Crippen MR) is 40.2 cm³/mol. The lowest BCUT2D eigenvalue weighted by Gasteiger charge is -1.99.